The van der Waals surface area contributed by atoms with Gasteiger partial charge < -0.3 is 10.4 Å². The Labute approximate surface area is 104 Å². The minimum atomic E-state index is -1.02. The van der Waals surface area contributed by atoms with Crippen LogP contribution in [0.5, 0.6) is 0 Å². The maximum absolute atomic E-state index is 11.4. The molecule has 0 aliphatic carbocycles. The number of thioether (sulfide) groups is 1. The maximum Gasteiger partial charge on any atom is 0.325 e. The van der Waals surface area contributed by atoms with Crippen LogP contribution in [0.25, 0.3) is 0 Å². The van der Waals surface area contributed by atoms with Crippen molar-refractivity contribution in [3.05, 3.63) is 30.3 Å². The second-order valence-corrected chi connectivity index (χ2v) is 4.71. The number of carbonyl (C=O) groups is 2. The molecule has 92 valence electrons. The van der Waals surface area contributed by atoms with Gasteiger partial charge in [0.15, 0.2) is 0 Å². The summed E-state index contributed by atoms with van der Waals surface area (Å²) in [4.78, 5) is 23.0. The van der Waals surface area contributed by atoms with Crippen LogP contribution in [0.15, 0.2) is 35.2 Å². The van der Waals surface area contributed by atoms with Crippen molar-refractivity contribution in [1.29, 1.82) is 0 Å². The third-order valence-corrected chi connectivity index (χ3v) is 3.10. The van der Waals surface area contributed by atoms with Gasteiger partial charge in [0.05, 0.1) is 0 Å². The molecule has 0 aromatic heterocycles. The molecule has 0 heterocycles. The van der Waals surface area contributed by atoms with Crippen molar-refractivity contribution in [3.63, 3.8) is 0 Å². The van der Waals surface area contributed by atoms with Crippen molar-refractivity contribution in [2.24, 2.45) is 0 Å². The smallest absolute Gasteiger partial charge is 0.325 e. The minimum absolute atomic E-state index is 0.233. The van der Waals surface area contributed by atoms with Crippen molar-refractivity contribution >= 4 is 23.6 Å². The summed E-state index contributed by atoms with van der Waals surface area (Å²) in [6.45, 7) is 1.45. The average molecular weight is 253 g/mol. The van der Waals surface area contributed by atoms with Gasteiger partial charge in [-0.1, -0.05) is 18.2 Å². The van der Waals surface area contributed by atoms with Crippen LogP contribution >= 0.6 is 11.8 Å². The third-order valence-electron chi connectivity index (χ3n) is 2.09. The van der Waals surface area contributed by atoms with Gasteiger partial charge in [-0.15, -0.1) is 11.8 Å². The lowest BCUT2D eigenvalue weighted by Crippen LogP contribution is -2.38. The zero-order valence-electron chi connectivity index (χ0n) is 9.55. The molecule has 0 saturated heterocycles. The normalized spacial score (nSPS) is 11.8. The van der Waals surface area contributed by atoms with Crippen LogP contribution in [-0.2, 0) is 9.59 Å². The molecule has 0 aliphatic rings. The topological polar surface area (TPSA) is 66.4 Å². The van der Waals surface area contributed by atoms with Crippen LogP contribution in [0.3, 0.4) is 0 Å². The van der Waals surface area contributed by atoms with E-state index >= 15 is 0 Å². The minimum Gasteiger partial charge on any atom is -0.480 e. The molecular weight excluding hydrogens is 238 g/mol. The molecule has 0 bridgehead atoms. The Morgan fingerprint density at radius 2 is 2.00 bits per heavy atom. The molecule has 0 spiro atoms. The molecule has 4 nitrogen and oxygen atoms in total. The summed E-state index contributed by atoms with van der Waals surface area (Å²) < 4.78 is 0. The van der Waals surface area contributed by atoms with Gasteiger partial charge in [0, 0.05) is 17.1 Å². The largest absolute Gasteiger partial charge is 0.480 e. The van der Waals surface area contributed by atoms with E-state index in [1.54, 1.807) is 11.8 Å². The predicted molar refractivity (Wildman–Crippen MR) is 67.0 cm³/mol. The monoisotopic (exact) mass is 253 g/mol. The van der Waals surface area contributed by atoms with E-state index in [-0.39, 0.29) is 5.91 Å². The lowest BCUT2D eigenvalue weighted by Gasteiger charge is -2.08. The van der Waals surface area contributed by atoms with Crippen molar-refractivity contribution in [3.8, 4) is 0 Å². The Morgan fingerprint density at radius 3 is 2.59 bits per heavy atom. The molecule has 0 radical (unpaired) electrons. The summed E-state index contributed by atoms with van der Waals surface area (Å²) in [6.07, 6.45) is 0.317. The van der Waals surface area contributed by atoms with Gasteiger partial charge in [-0.25, -0.2) is 0 Å². The van der Waals surface area contributed by atoms with E-state index in [0.717, 1.165) is 4.90 Å². The molecule has 0 unspecified atom stereocenters. The molecule has 1 atom stereocenters. The molecule has 1 amide bonds. The van der Waals surface area contributed by atoms with Gasteiger partial charge in [-0.2, -0.15) is 0 Å². The quantitative estimate of drug-likeness (QED) is 0.758. The van der Waals surface area contributed by atoms with Crippen molar-refractivity contribution in [1.82, 2.24) is 5.32 Å². The number of aliphatic carboxylic acids is 1. The second-order valence-electron chi connectivity index (χ2n) is 3.54. The van der Waals surface area contributed by atoms with Crippen LogP contribution in [0.2, 0.25) is 0 Å². The van der Waals surface area contributed by atoms with Gasteiger partial charge >= 0.3 is 5.97 Å². The van der Waals surface area contributed by atoms with Crippen LogP contribution in [0.1, 0.15) is 13.3 Å². The first-order valence-corrected chi connectivity index (χ1v) is 6.28. The fourth-order valence-corrected chi connectivity index (χ4v) is 2.03. The number of nitrogens with one attached hydrogen (secondary N) is 1. The Hall–Kier alpha value is -1.49. The second kappa shape index (κ2) is 6.96. The number of hydrogen-bond acceptors (Lipinski definition) is 3. The van der Waals surface area contributed by atoms with E-state index in [1.165, 1.54) is 6.92 Å². The summed E-state index contributed by atoms with van der Waals surface area (Å²) in [5.74, 6) is -0.611. The van der Waals surface area contributed by atoms with Gasteiger partial charge in [0.1, 0.15) is 6.04 Å². The zero-order valence-corrected chi connectivity index (χ0v) is 10.4. The fourth-order valence-electron chi connectivity index (χ4n) is 1.15. The first-order chi connectivity index (χ1) is 8.09. The molecule has 0 saturated carbocycles. The highest BCUT2D eigenvalue weighted by molar-refractivity contribution is 7.99. The summed E-state index contributed by atoms with van der Waals surface area (Å²) in [5, 5.41) is 11.0. The first kappa shape index (κ1) is 13.6. The molecule has 1 aromatic carbocycles. The number of carboxylic acid groups (broad SMARTS) is 1. The molecule has 0 fully saturated rings. The predicted octanol–water partition coefficient (Wildman–Crippen LogP) is 1.76. The van der Waals surface area contributed by atoms with E-state index in [9.17, 15) is 9.59 Å². The Bertz CT molecular complexity index is 381. The van der Waals surface area contributed by atoms with Gasteiger partial charge in [0.2, 0.25) is 5.91 Å². The standard InChI is InChI=1S/C12H15NO3S/c1-9(12(15)16)13-11(14)7-8-17-10-5-3-2-4-6-10/h2-6,9H,7-8H2,1H3,(H,13,14)(H,15,16)/t9-/m1/s1. The Morgan fingerprint density at radius 1 is 1.35 bits per heavy atom. The number of amides is 1. The highest BCUT2D eigenvalue weighted by atomic mass is 32.2. The summed E-state index contributed by atoms with van der Waals surface area (Å²) >= 11 is 1.58. The summed E-state index contributed by atoms with van der Waals surface area (Å²) in [6, 6.07) is 8.93. The highest BCUT2D eigenvalue weighted by Gasteiger charge is 2.13. The summed E-state index contributed by atoms with van der Waals surface area (Å²) in [5.41, 5.74) is 0. The SMILES string of the molecule is C[C@@H](NC(=O)CCSc1ccccc1)C(=O)O. The zero-order chi connectivity index (χ0) is 12.7. The van der Waals surface area contributed by atoms with Crippen molar-refractivity contribution in [2.45, 2.75) is 24.3 Å². The van der Waals surface area contributed by atoms with E-state index < -0.39 is 12.0 Å². The Balaban J connectivity index is 2.23. The number of carbonyl (C=O) groups excluding carboxylic acids is 1. The maximum atomic E-state index is 11.4. The van der Waals surface area contributed by atoms with E-state index in [2.05, 4.69) is 5.32 Å². The van der Waals surface area contributed by atoms with Crippen molar-refractivity contribution in [2.75, 3.05) is 5.75 Å². The lowest BCUT2D eigenvalue weighted by molar-refractivity contribution is -0.141. The number of rotatable bonds is 6. The molecule has 1 aromatic rings. The molecular formula is C12H15NO3S. The van der Waals surface area contributed by atoms with Crippen LogP contribution in [-0.4, -0.2) is 28.8 Å². The van der Waals surface area contributed by atoms with Gasteiger partial charge in [-0.3, -0.25) is 9.59 Å². The molecule has 17 heavy (non-hydrogen) atoms. The molecule has 5 heteroatoms. The van der Waals surface area contributed by atoms with E-state index in [4.69, 9.17) is 5.11 Å². The molecule has 1 rings (SSSR count). The van der Waals surface area contributed by atoms with Gasteiger partial charge in [0.25, 0.3) is 0 Å². The average Bonchev–Trinajstić information content (AvgIpc) is 2.30. The lowest BCUT2D eigenvalue weighted by atomic mass is 10.3. The van der Waals surface area contributed by atoms with Crippen molar-refractivity contribution < 1.29 is 14.7 Å². The Kier molecular flexibility index (Phi) is 5.56. The summed E-state index contributed by atoms with van der Waals surface area (Å²) in [7, 11) is 0. The molecule has 2 N–H and O–H groups in total. The first-order valence-electron chi connectivity index (χ1n) is 5.29. The number of hydrogen-bond donors (Lipinski definition) is 2. The van der Waals surface area contributed by atoms with Crippen LogP contribution in [0.4, 0.5) is 0 Å². The molecule has 0 aliphatic heterocycles. The van der Waals surface area contributed by atoms with E-state index in [0.29, 0.717) is 12.2 Å². The third kappa shape index (κ3) is 5.40. The van der Waals surface area contributed by atoms with Crippen LogP contribution < -0.4 is 5.32 Å². The van der Waals surface area contributed by atoms with Gasteiger partial charge in [-0.05, 0) is 19.1 Å². The van der Waals surface area contributed by atoms with E-state index in [1.807, 2.05) is 30.3 Å². The van der Waals surface area contributed by atoms with Crippen LogP contribution in [0, 0.1) is 0 Å². The highest BCUT2D eigenvalue weighted by Crippen LogP contribution is 2.17. The number of benzene rings is 1. The number of carboxylic acids is 1. The fraction of sp³-hybridized carbons (Fsp3) is 0.333.